The lowest BCUT2D eigenvalue weighted by molar-refractivity contribution is 0.156. The number of fused-ring (bicyclic) bond motifs is 4. The Morgan fingerprint density at radius 3 is 1.88 bits per heavy atom. The third-order valence-corrected chi connectivity index (χ3v) is 9.57. The van der Waals surface area contributed by atoms with Gasteiger partial charge in [0.15, 0.2) is 0 Å². The number of nitrogens with zero attached hydrogens (tertiary/aromatic N) is 5. The number of anilines is 7. The van der Waals surface area contributed by atoms with E-state index in [0.717, 1.165) is 56.7 Å². The van der Waals surface area contributed by atoms with Gasteiger partial charge in [0.1, 0.15) is 5.82 Å². The molecule has 0 fully saturated rings. The van der Waals surface area contributed by atoms with E-state index in [0.29, 0.717) is 0 Å². The number of benzene rings is 6. The highest BCUT2D eigenvalue weighted by molar-refractivity contribution is 6.10. The summed E-state index contributed by atoms with van der Waals surface area (Å²) in [5, 5.41) is 6.17. The number of pyridine rings is 1. The summed E-state index contributed by atoms with van der Waals surface area (Å²) in [6, 6.07) is 57.2. The van der Waals surface area contributed by atoms with Gasteiger partial charge >= 0.3 is 0 Å². The van der Waals surface area contributed by atoms with Crippen molar-refractivity contribution >= 4 is 61.6 Å². The highest BCUT2D eigenvalue weighted by Gasteiger charge is 2.30. The van der Waals surface area contributed by atoms with E-state index in [1.807, 2.05) is 46.7 Å². The van der Waals surface area contributed by atoms with E-state index in [1.165, 1.54) is 16.3 Å². The lowest BCUT2D eigenvalue weighted by Crippen LogP contribution is -2.21. The van der Waals surface area contributed by atoms with Crippen molar-refractivity contribution in [1.82, 2.24) is 9.55 Å². The molecule has 0 aliphatic carbocycles. The first kappa shape index (κ1) is 30.7. The zero-order valence-electron chi connectivity index (χ0n) is 28.8. The smallest absolute Gasteiger partial charge is 0.137 e. The van der Waals surface area contributed by atoms with Crippen molar-refractivity contribution in [2.75, 3.05) is 15.0 Å². The highest BCUT2D eigenvalue weighted by Crippen LogP contribution is 2.47. The van der Waals surface area contributed by atoms with E-state index in [4.69, 9.17) is 9.92 Å². The fourth-order valence-corrected chi connectivity index (χ4v) is 7.05. The molecule has 8 aromatic rings. The van der Waals surface area contributed by atoms with Gasteiger partial charge in [0.05, 0.1) is 33.8 Å². The van der Waals surface area contributed by atoms with Crippen LogP contribution in [0.4, 0.5) is 39.8 Å². The van der Waals surface area contributed by atoms with E-state index in [-0.39, 0.29) is 5.41 Å². The molecule has 51 heavy (non-hydrogen) atoms. The molecule has 0 unspecified atom stereocenters. The fraction of sp³-hybridized carbons (Fsp3) is 0.0889. The molecule has 9 rings (SSSR count). The van der Waals surface area contributed by atoms with Gasteiger partial charge < -0.3 is 4.90 Å². The molecule has 0 spiro atoms. The first-order chi connectivity index (χ1) is 24.9. The molecular weight excluding hydrogens is 627 g/mol. The second-order valence-corrected chi connectivity index (χ2v) is 13.9. The molecule has 0 N–H and O–H groups in total. The van der Waals surface area contributed by atoms with Crippen molar-refractivity contribution < 1.29 is 4.94 Å². The molecule has 2 aromatic heterocycles. The van der Waals surface area contributed by atoms with Gasteiger partial charge in [-0.05, 0) is 95.9 Å². The lowest BCUT2D eigenvalue weighted by atomic mass is 9.88. The molecule has 6 nitrogen and oxygen atoms in total. The average Bonchev–Trinajstić information content (AvgIpc) is 3.72. The monoisotopic (exact) mass is 663 g/mol. The van der Waals surface area contributed by atoms with Crippen LogP contribution in [0.3, 0.4) is 0 Å². The molecule has 3 heterocycles. The second kappa shape index (κ2) is 12.2. The van der Waals surface area contributed by atoms with Crippen LogP contribution < -0.4 is 15.0 Å². The molecule has 0 bridgehead atoms. The molecule has 0 amide bonds. The van der Waals surface area contributed by atoms with E-state index in [9.17, 15) is 0 Å². The molecule has 0 saturated carbocycles. The summed E-state index contributed by atoms with van der Waals surface area (Å²) in [5.41, 5.74) is 10.4. The Morgan fingerprint density at radius 2 is 1.12 bits per heavy atom. The van der Waals surface area contributed by atoms with Gasteiger partial charge in [-0.25, -0.2) is 4.98 Å². The van der Waals surface area contributed by atoms with Gasteiger partial charge in [-0.15, -0.1) is 4.94 Å². The van der Waals surface area contributed by atoms with E-state index < -0.39 is 0 Å². The first-order valence-electron chi connectivity index (χ1n) is 17.3. The molecule has 0 atom stereocenters. The SMILES string of the molecule is CC(C)(C)c1ccnc(-n2c3ccccc3c3ccc(N(c4ccccc4)c4cccc(N5ON(c6ccccc6)c6ccccc65)c4)cc32)c1. The Labute approximate surface area is 297 Å². The topological polar surface area (TPSA) is 36.8 Å². The summed E-state index contributed by atoms with van der Waals surface area (Å²) < 4.78 is 2.30. The molecule has 1 aliphatic heterocycles. The Morgan fingerprint density at radius 1 is 0.510 bits per heavy atom. The molecule has 248 valence electrons. The zero-order valence-corrected chi connectivity index (χ0v) is 28.8. The predicted octanol–water partition coefficient (Wildman–Crippen LogP) is 12.1. The second-order valence-electron chi connectivity index (χ2n) is 13.9. The predicted molar refractivity (Wildman–Crippen MR) is 210 cm³/mol. The van der Waals surface area contributed by atoms with Gasteiger partial charge in [0.25, 0.3) is 0 Å². The van der Waals surface area contributed by atoms with Crippen molar-refractivity contribution in [2.45, 2.75) is 26.2 Å². The number of aromatic nitrogens is 2. The fourth-order valence-electron chi connectivity index (χ4n) is 7.05. The summed E-state index contributed by atoms with van der Waals surface area (Å²) in [7, 11) is 0. The van der Waals surface area contributed by atoms with Crippen LogP contribution in [0.5, 0.6) is 0 Å². The molecular formula is C45H37N5O. The van der Waals surface area contributed by atoms with Crippen LogP contribution >= 0.6 is 0 Å². The third kappa shape index (κ3) is 5.37. The van der Waals surface area contributed by atoms with Crippen LogP contribution in [0.1, 0.15) is 26.3 Å². The highest BCUT2D eigenvalue weighted by atomic mass is 16.8. The molecule has 0 saturated heterocycles. The molecule has 1 aliphatic rings. The first-order valence-corrected chi connectivity index (χ1v) is 17.3. The molecule has 0 radical (unpaired) electrons. The maximum Gasteiger partial charge on any atom is 0.137 e. The van der Waals surface area contributed by atoms with Crippen molar-refractivity contribution in [3.63, 3.8) is 0 Å². The van der Waals surface area contributed by atoms with Crippen LogP contribution in [0, 0.1) is 0 Å². The normalized spacial score (nSPS) is 12.8. The Hall–Kier alpha value is -6.37. The number of para-hydroxylation sites is 5. The summed E-state index contributed by atoms with van der Waals surface area (Å²) >= 11 is 0. The maximum atomic E-state index is 6.58. The summed E-state index contributed by atoms with van der Waals surface area (Å²) in [6.07, 6.45) is 1.93. The van der Waals surface area contributed by atoms with Crippen LogP contribution in [0.2, 0.25) is 0 Å². The molecule has 6 heteroatoms. The van der Waals surface area contributed by atoms with Gasteiger partial charge in [-0.2, -0.15) is 10.1 Å². The number of rotatable bonds is 6. The van der Waals surface area contributed by atoms with Crippen molar-refractivity contribution in [2.24, 2.45) is 0 Å². The van der Waals surface area contributed by atoms with Crippen molar-refractivity contribution in [3.8, 4) is 5.82 Å². The Bertz CT molecular complexity index is 2520. The van der Waals surface area contributed by atoms with Crippen LogP contribution in [-0.4, -0.2) is 9.55 Å². The minimum Gasteiger partial charge on any atom is -0.310 e. The van der Waals surface area contributed by atoms with E-state index in [2.05, 4.69) is 164 Å². The van der Waals surface area contributed by atoms with Crippen molar-refractivity contribution in [1.29, 1.82) is 0 Å². The minimum absolute atomic E-state index is 0.00552. The number of hydrogen-bond donors (Lipinski definition) is 0. The summed E-state index contributed by atoms with van der Waals surface area (Å²) in [6.45, 7) is 6.73. The Kier molecular flexibility index (Phi) is 7.33. The largest absolute Gasteiger partial charge is 0.310 e. The zero-order chi connectivity index (χ0) is 34.5. The van der Waals surface area contributed by atoms with E-state index >= 15 is 0 Å². The minimum atomic E-state index is -0.00552. The quantitative estimate of drug-likeness (QED) is 0.177. The van der Waals surface area contributed by atoms with E-state index in [1.54, 1.807) is 0 Å². The van der Waals surface area contributed by atoms with Crippen LogP contribution in [0.15, 0.2) is 170 Å². The van der Waals surface area contributed by atoms with Gasteiger partial charge in [0.2, 0.25) is 0 Å². The van der Waals surface area contributed by atoms with Crippen molar-refractivity contribution in [3.05, 3.63) is 176 Å². The maximum absolute atomic E-state index is 6.58. The standard InChI is InChI=1S/C45H37N5O/c1-45(2,3)32-27-28-46-44(29-32)48-40-22-11-10-21-38(40)39-26-25-36(31-43(39)48)47(33-15-6-4-7-16-33)35-19-14-20-37(30-35)50-42-24-13-12-23-41(42)49(51-50)34-17-8-5-9-18-34/h4-31H,1-3H3. The third-order valence-electron chi connectivity index (χ3n) is 9.57. The summed E-state index contributed by atoms with van der Waals surface area (Å²) in [4.78, 5) is 13.8. The van der Waals surface area contributed by atoms with Gasteiger partial charge in [-0.1, -0.05) is 99.6 Å². The lowest BCUT2D eigenvalue weighted by Gasteiger charge is -2.27. The molecule has 6 aromatic carbocycles. The van der Waals surface area contributed by atoms with Crippen LogP contribution in [-0.2, 0) is 10.4 Å². The van der Waals surface area contributed by atoms with Crippen LogP contribution in [0.25, 0.3) is 27.6 Å². The summed E-state index contributed by atoms with van der Waals surface area (Å²) in [5.74, 6) is 0.909. The average molecular weight is 664 g/mol. The van der Waals surface area contributed by atoms with Gasteiger partial charge in [-0.3, -0.25) is 4.57 Å². The number of hydrogen-bond acceptors (Lipinski definition) is 5. The van der Waals surface area contributed by atoms with Gasteiger partial charge in [0, 0.05) is 34.0 Å². The Balaban J connectivity index is 1.20.